The van der Waals surface area contributed by atoms with Crippen LogP contribution in [-0.4, -0.2) is 28.6 Å². The van der Waals surface area contributed by atoms with Crippen LogP contribution in [0.4, 0.5) is 0 Å². The smallest absolute Gasteiger partial charge is 0.174 e. The zero-order valence-corrected chi connectivity index (χ0v) is 21.4. The topological polar surface area (TPSA) is 48.7 Å². The van der Waals surface area contributed by atoms with Gasteiger partial charge in [0.2, 0.25) is 0 Å². The standard InChI is InChI=1S/C30H22BrN3O2/c1-35-25-18-21(17-23(31)28(25)36-2)29-32-24-16-10-9-15-22(24)30-33-26(19-11-5-3-6-12-19)27(34(29)30)20-13-7-4-8-14-20/h3-18H,1-2H3. The van der Waals surface area contributed by atoms with Gasteiger partial charge in [0.05, 0.1) is 35.6 Å². The monoisotopic (exact) mass is 535 g/mol. The molecule has 176 valence electrons. The van der Waals surface area contributed by atoms with Gasteiger partial charge in [0.1, 0.15) is 11.5 Å². The second-order valence-corrected chi connectivity index (χ2v) is 9.20. The summed E-state index contributed by atoms with van der Waals surface area (Å²) in [6.45, 7) is 0. The number of rotatable bonds is 5. The van der Waals surface area contributed by atoms with Crippen molar-refractivity contribution in [1.82, 2.24) is 14.4 Å². The third kappa shape index (κ3) is 3.62. The molecule has 36 heavy (non-hydrogen) atoms. The number of aromatic nitrogens is 3. The van der Waals surface area contributed by atoms with Gasteiger partial charge in [-0.15, -0.1) is 0 Å². The molecule has 0 saturated carbocycles. The van der Waals surface area contributed by atoms with Crippen molar-refractivity contribution in [3.05, 3.63) is 102 Å². The van der Waals surface area contributed by atoms with E-state index < -0.39 is 0 Å². The summed E-state index contributed by atoms with van der Waals surface area (Å²) in [7, 11) is 3.27. The lowest BCUT2D eigenvalue weighted by atomic mass is 10.0. The molecule has 5 nitrogen and oxygen atoms in total. The fourth-order valence-corrected chi connectivity index (χ4v) is 5.24. The molecule has 0 bridgehead atoms. The first kappa shape index (κ1) is 22.3. The van der Waals surface area contributed by atoms with E-state index in [9.17, 15) is 0 Å². The number of fused-ring (bicyclic) bond motifs is 3. The molecule has 0 spiro atoms. The van der Waals surface area contributed by atoms with Crippen molar-refractivity contribution in [3.63, 3.8) is 0 Å². The van der Waals surface area contributed by atoms with E-state index in [1.165, 1.54) is 0 Å². The molecule has 4 aromatic carbocycles. The molecule has 0 aliphatic heterocycles. The van der Waals surface area contributed by atoms with Crippen LogP contribution in [0.1, 0.15) is 0 Å². The lowest BCUT2D eigenvalue weighted by molar-refractivity contribution is 0.353. The second-order valence-electron chi connectivity index (χ2n) is 8.35. The van der Waals surface area contributed by atoms with Gasteiger partial charge in [0.25, 0.3) is 0 Å². The Morgan fingerprint density at radius 1 is 0.694 bits per heavy atom. The van der Waals surface area contributed by atoms with Crippen LogP contribution in [0.3, 0.4) is 0 Å². The van der Waals surface area contributed by atoms with E-state index in [1.54, 1.807) is 14.2 Å². The van der Waals surface area contributed by atoms with Crippen molar-refractivity contribution in [1.29, 1.82) is 0 Å². The second kappa shape index (κ2) is 9.13. The summed E-state index contributed by atoms with van der Waals surface area (Å²) in [5.41, 5.74) is 6.58. The molecular formula is C30H22BrN3O2. The van der Waals surface area contributed by atoms with Crippen molar-refractivity contribution >= 4 is 32.5 Å². The van der Waals surface area contributed by atoms with Crippen molar-refractivity contribution in [2.45, 2.75) is 0 Å². The number of para-hydroxylation sites is 1. The Labute approximate surface area is 217 Å². The zero-order chi connectivity index (χ0) is 24.6. The zero-order valence-electron chi connectivity index (χ0n) is 19.8. The largest absolute Gasteiger partial charge is 0.493 e. The molecule has 0 amide bonds. The molecule has 0 aliphatic carbocycles. The summed E-state index contributed by atoms with van der Waals surface area (Å²) in [5, 5.41) is 0.986. The minimum atomic E-state index is 0.620. The maximum absolute atomic E-state index is 5.66. The first-order valence-electron chi connectivity index (χ1n) is 11.5. The van der Waals surface area contributed by atoms with Gasteiger partial charge in [-0.25, -0.2) is 9.97 Å². The van der Waals surface area contributed by atoms with Gasteiger partial charge in [0.15, 0.2) is 11.5 Å². The summed E-state index contributed by atoms with van der Waals surface area (Å²) in [6.07, 6.45) is 0. The molecular weight excluding hydrogens is 514 g/mol. The highest BCUT2D eigenvalue weighted by Gasteiger charge is 2.23. The number of hydrogen-bond acceptors (Lipinski definition) is 4. The molecule has 6 rings (SSSR count). The van der Waals surface area contributed by atoms with Crippen LogP contribution in [0, 0.1) is 0 Å². The number of nitrogens with zero attached hydrogens (tertiary/aromatic N) is 3. The molecule has 0 fully saturated rings. The van der Waals surface area contributed by atoms with Crippen LogP contribution in [-0.2, 0) is 0 Å². The Bertz CT molecular complexity index is 1710. The Hall–Kier alpha value is -4.16. The van der Waals surface area contributed by atoms with E-state index in [2.05, 4.69) is 50.7 Å². The maximum atomic E-state index is 5.66. The van der Waals surface area contributed by atoms with Crippen LogP contribution < -0.4 is 9.47 Å². The van der Waals surface area contributed by atoms with Gasteiger partial charge in [-0.3, -0.25) is 4.40 Å². The normalized spacial score (nSPS) is 11.2. The molecule has 0 atom stereocenters. The van der Waals surface area contributed by atoms with Crippen molar-refractivity contribution in [2.24, 2.45) is 0 Å². The average Bonchev–Trinajstić information content (AvgIpc) is 3.34. The first-order chi connectivity index (χ1) is 17.7. The predicted octanol–water partition coefficient (Wildman–Crippen LogP) is 7.66. The SMILES string of the molecule is COc1cc(-c2nc3ccccc3c3nc(-c4ccccc4)c(-c4ccccc4)n23)cc(Br)c1OC. The van der Waals surface area contributed by atoms with Crippen LogP contribution in [0.25, 0.3) is 50.5 Å². The Morgan fingerprint density at radius 3 is 2.06 bits per heavy atom. The quantitative estimate of drug-likeness (QED) is 0.227. The van der Waals surface area contributed by atoms with Crippen LogP contribution in [0.15, 0.2) is 102 Å². The first-order valence-corrected chi connectivity index (χ1v) is 12.3. The van der Waals surface area contributed by atoms with Crippen LogP contribution in [0.2, 0.25) is 0 Å². The highest BCUT2D eigenvalue weighted by molar-refractivity contribution is 9.10. The lowest BCUT2D eigenvalue weighted by Gasteiger charge is -2.15. The van der Waals surface area contributed by atoms with Crippen molar-refractivity contribution < 1.29 is 9.47 Å². The molecule has 0 saturated heterocycles. The lowest BCUT2D eigenvalue weighted by Crippen LogP contribution is -2.01. The average molecular weight is 536 g/mol. The van der Waals surface area contributed by atoms with Crippen LogP contribution >= 0.6 is 15.9 Å². The molecule has 6 aromatic rings. The molecule has 2 aromatic heterocycles. The summed E-state index contributed by atoms with van der Waals surface area (Å²) >= 11 is 3.66. The Balaban J connectivity index is 1.80. The minimum absolute atomic E-state index is 0.620. The molecule has 0 aliphatic rings. The third-order valence-corrected chi connectivity index (χ3v) is 6.84. The fraction of sp³-hybridized carbons (Fsp3) is 0.0667. The summed E-state index contributed by atoms with van der Waals surface area (Å²) in [4.78, 5) is 10.4. The van der Waals surface area contributed by atoms with E-state index in [4.69, 9.17) is 19.4 Å². The van der Waals surface area contributed by atoms with E-state index >= 15 is 0 Å². The maximum Gasteiger partial charge on any atom is 0.174 e. The fourth-order valence-electron chi connectivity index (χ4n) is 4.63. The van der Waals surface area contributed by atoms with Crippen molar-refractivity contribution in [3.8, 4) is 45.4 Å². The number of halogens is 1. The Kier molecular flexibility index (Phi) is 5.66. The summed E-state index contributed by atoms with van der Waals surface area (Å²) < 4.78 is 14.2. The van der Waals surface area contributed by atoms with Gasteiger partial charge in [-0.2, -0.15) is 0 Å². The van der Waals surface area contributed by atoms with E-state index in [1.807, 2.05) is 66.7 Å². The number of imidazole rings is 1. The molecule has 0 radical (unpaired) electrons. The number of methoxy groups -OCH3 is 2. The number of ether oxygens (including phenoxy) is 2. The van der Waals surface area contributed by atoms with E-state index in [-0.39, 0.29) is 0 Å². The molecule has 6 heteroatoms. The van der Waals surface area contributed by atoms with Gasteiger partial charge in [-0.1, -0.05) is 72.8 Å². The summed E-state index contributed by atoms with van der Waals surface area (Å²) in [6, 6.07) is 32.7. The molecule has 0 N–H and O–H groups in total. The molecule has 2 heterocycles. The van der Waals surface area contributed by atoms with Crippen molar-refractivity contribution in [2.75, 3.05) is 14.2 Å². The third-order valence-electron chi connectivity index (χ3n) is 6.25. The van der Waals surface area contributed by atoms with Crippen LogP contribution in [0.5, 0.6) is 11.5 Å². The van der Waals surface area contributed by atoms with E-state index in [0.717, 1.165) is 54.9 Å². The number of benzene rings is 4. The van der Waals surface area contributed by atoms with E-state index in [0.29, 0.717) is 11.5 Å². The van der Waals surface area contributed by atoms with Gasteiger partial charge >= 0.3 is 0 Å². The Morgan fingerprint density at radius 2 is 1.36 bits per heavy atom. The van der Waals surface area contributed by atoms with Gasteiger partial charge < -0.3 is 9.47 Å². The highest BCUT2D eigenvalue weighted by atomic mass is 79.9. The molecule has 0 unspecified atom stereocenters. The summed E-state index contributed by atoms with van der Waals surface area (Å²) in [5.74, 6) is 2.02. The number of hydrogen-bond donors (Lipinski definition) is 0. The van der Waals surface area contributed by atoms with Gasteiger partial charge in [0, 0.05) is 22.1 Å². The minimum Gasteiger partial charge on any atom is -0.493 e. The predicted molar refractivity (Wildman–Crippen MR) is 148 cm³/mol. The highest BCUT2D eigenvalue weighted by Crippen LogP contribution is 2.42. The van der Waals surface area contributed by atoms with Gasteiger partial charge in [-0.05, 0) is 40.2 Å².